The molecular weight excluding hydrogens is 186 g/mol. The summed E-state index contributed by atoms with van der Waals surface area (Å²) in [4.78, 5) is 10.8. The van der Waals surface area contributed by atoms with Gasteiger partial charge < -0.3 is 5.32 Å². The second-order valence-electron chi connectivity index (χ2n) is 3.26. The number of carbonyl (C=O) groups excluding carboxylic acids is 1. The summed E-state index contributed by atoms with van der Waals surface area (Å²) in [5, 5.41) is 11.3. The highest BCUT2D eigenvalue weighted by atomic mass is 32.2. The van der Waals surface area contributed by atoms with Crippen LogP contribution in [0, 0.1) is 5.92 Å². The summed E-state index contributed by atoms with van der Waals surface area (Å²) in [5.74, 6) is 1.13. The second-order valence-corrected chi connectivity index (χ2v) is 4.22. The third-order valence-electron chi connectivity index (χ3n) is 2.05. The highest BCUT2D eigenvalue weighted by molar-refractivity contribution is 8.15. The normalized spacial score (nSPS) is 26.7. The van der Waals surface area contributed by atoms with E-state index in [0.29, 0.717) is 16.8 Å². The zero-order chi connectivity index (χ0) is 9.26. The maximum Gasteiger partial charge on any atom is 0.236 e. The predicted octanol–water partition coefficient (Wildman–Crippen LogP) is 0.991. The first-order valence-electron chi connectivity index (χ1n) is 4.30. The SMILES string of the molecule is C/C(=N/N=C1\NC(=O)CS1)C1CC1. The smallest absolute Gasteiger partial charge is 0.236 e. The Hall–Kier alpha value is -0.840. The van der Waals surface area contributed by atoms with E-state index in [-0.39, 0.29) is 5.91 Å². The van der Waals surface area contributed by atoms with E-state index >= 15 is 0 Å². The fourth-order valence-corrected chi connectivity index (χ4v) is 1.71. The molecular formula is C8H11N3OS. The summed E-state index contributed by atoms with van der Waals surface area (Å²) in [7, 11) is 0. The van der Waals surface area contributed by atoms with Crippen molar-refractivity contribution in [1.82, 2.24) is 5.32 Å². The molecule has 0 unspecified atom stereocenters. The molecule has 5 heteroatoms. The lowest BCUT2D eigenvalue weighted by Crippen LogP contribution is -2.19. The van der Waals surface area contributed by atoms with Gasteiger partial charge in [0.2, 0.25) is 5.91 Å². The van der Waals surface area contributed by atoms with Crippen LogP contribution < -0.4 is 5.32 Å². The van der Waals surface area contributed by atoms with E-state index < -0.39 is 0 Å². The summed E-state index contributed by atoms with van der Waals surface area (Å²) in [5.41, 5.74) is 1.08. The largest absolute Gasteiger partial charge is 0.303 e. The monoisotopic (exact) mass is 197 g/mol. The molecule has 1 aliphatic heterocycles. The van der Waals surface area contributed by atoms with Crippen LogP contribution in [-0.4, -0.2) is 22.5 Å². The molecule has 70 valence electrons. The van der Waals surface area contributed by atoms with E-state index in [1.807, 2.05) is 6.92 Å². The first-order chi connectivity index (χ1) is 6.25. The Morgan fingerprint density at radius 3 is 2.92 bits per heavy atom. The van der Waals surface area contributed by atoms with Crippen molar-refractivity contribution in [2.24, 2.45) is 16.1 Å². The van der Waals surface area contributed by atoms with Crippen molar-refractivity contribution < 1.29 is 4.79 Å². The van der Waals surface area contributed by atoms with Gasteiger partial charge in [-0.2, -0.15) is 5.10 Å². The van der Waals surface area contributed by atoms with E-state index in [9.17, 15) is 4.79 Å². The van der Waals surface area contributed by atoms with Crippen molar-refractivity contribution in [2.75, 3.05) is 5.75 Å². The van der Waals surface area contributed by atoms with Crippen LogP contribution in [0.3, 0.4) is 0 Å². The lowest BCUT2D eigenvalue weighted by molar-refractivity contribution is -0.116. The minimum atomic E-state index is 0.0167. The third kappa shape index (κ3) is 2.30. The zero-order valence-electron chi connectivity index (χ0n) is 7.41. The van der Waals surface area contributed by atoms with Crippen LogP contribution in [0.5, 0.6) is 0 Å². The molecule has 0 aromatic rings. The number of nitrogens with zero attached hydrogens (tertiary/aromatic N) is 2. The fourth-order valence-electron chi connectivity index (χ4n) is 1.09. The number of thioether (sulfide) groups is 1. The number of amidine groups is 1. The molecule has 1 N–H and O–H groups in total. The second kappa shape index (κ2) is 3.49. The van der Waals surface area contributed by atoms with Crippen molar-refractivity contribution >= 4 is 28.5 Å². The van der Waals surface area contributed by atoms with Gasteiger partial charge in [0.05, 0.1) is 5.75 Å². The van der Waals surface area contributed by atoms with Gasteiger partial charge in [0.25, 0.3) is 0 Å². The first-order valence-corrected chi connectivity index (χ1v) is 5.29. The van der Waals surface area contributed by atoms with Crippen molar-refractivity contribution in [3.05, 3.63) is 0 Å². The van der Waals surface area contributed by atoms with Crippen molar-refractivity contribution in [3.63, 3.8) is 0 Å². The van der Waals surface area contributed by atoms with Crippen LogP contribution in [0.15, 0.2) is 10.2 Å². The molecule has 1 saturated heterocycles. The summed E-state index contributed by atoms with van der Waals surface area (Å²) < 4.78 is 0. The molecule has 2 rings (SSSR count). The minimum absolute atomic E-state index is 0.0167. The van der Waals surface area contributed by atoms with E-state index in [1.165, 1.54) is 24.6 Å². The highest BCUT2D eigenvalue weighted by Crippen LogP contribution is 2.30. The Morgan fingerprint density at radius 1 is 1.62 bits per heavy atom. The molecule has 0 atom stereocenters. The molecule has 0 aromatic carbocycles. The Balaban J connectivity index is 1.95. The maximum absolute atomic E-state index is 10.8. The van der Waals surface area contributed by atoms with Crippen molar-refractivity contribution in [2.45, 2.75) is 19.8 Å². The van der Waals surface area contributed by atoms with Crippen molar-refractivity contribution in [3.8, 4) is 0 Å². The number of carbonyl (C=O) groups is 1. The van der Waals surface area contributed by atoms with Gasteiger partial charge in [-0.05, 0) is 25.7 Å². The molecule has 1 heterocycles. The average Bonchev–Trinajstić information content (AvgIpc) is 2.87. The van der Waals surface area contributed by atoms with Gasteiger partial charge in [0, 0.05) is 5.71 Å². The van der Waals surface area contributed by atoms with Gasteiger partial charge in [-0.25, -0.2) is 0 Å². The van der Waals surface area contributed by atoms with E-state index in [0.717, 1.165) is 5.71 Å². The Morgan fingerprint density at radius 2 is 2.38 bits per heavy atom. The Kier molecular flexibility index (Phi) is 2.35. The molecule has 0 spiro atoms. The summed E-state index contributed by atoms with van der Waals surface area (Å²) in [6.45, 7) is 1.99. The molecule has 2 aliphatic rings. The number of nitrogens with one attached hydrogen (secondary N) is 1. The molecule has 1 aliphatic carbocycles. The standard InChI is InChI=1S/C8H11N3OS/c1-5(6-2-3-6)10-11-8-9-7(12)4-13-8/h6H,2-4H2,1H3,(H,9,11,12)/b10-5-. The predicted molar refractivity (Wildman–Crippen MR) is 53.9 cm³/mol. The first kappa shape index (κ1) is 8.74. The number of hydrogen-bond donors (Lipinski definition) is 1. The molecule has 0 aromatic heterocycles. The molecule has 1 amide bonds. The van der Waals surface area contributed by atoms with E-state index in [1.54, 1.807) is 0 Å². The average molecular weight is 197 g/mol. The van der Waals surface area contributed by atoms with Gasteiger partial charge in [0.1, 0.15) is 0 Å². The Bertz CT molecular complexity index is 294. The van der Waals surface area contributed by atoms with Crippen LogP contribution >= 0.6 is 11.8 Å². The Labute approximate surface area is 80.9 Å². The fraction of sp³-hybridized carbons (Fsp3) is 0.625. The molecule has 2 fully saturated rings. The molecule has 1 saturated carbocycles. The van der Waals surface area contributed by atoms with Crippen LogP contribution in [0.4, 0.5) is 0 Å². The van der Waals surface area contributed by atoms with Gasteiger partial charge >= 0.3 is 0 Å². The zero-order valence-corrected chi connectivity index (χ0v) is 8.23. The number of amides is 1. The molecule has 0 bridgehead atoms. The minimum Gasteiger partial charge on any atom is -0.303 e. The van der Waals surface area contributed by atoms with Crippen LogP contribution in [0.1, 0.15) is 19.8 Å². The van der Waals surface area contributed by atoms with E-state index in [4.69, 9.17) is 0 Å². The quantitative estimate of drug-likeness (QED) is 0.530. The van der Waals surface area contributed by atoms with Gasteiger partial charge in [-0.3, -0.25) is 4.79 Å². The lowest BCUT2D eigenvalue weighted by Gasteiger charge is -1.92. The summed E-state index contributed by atoms with van der Waals surface area (Å²) in [6, 6.07) is 0. The van der Waals surface area contributed by atoms with Gasteiger partial charge in [-0.15, -0.1) is 5.10 Å². The topological polar surface area (TPSA) is 53.8 Å². The van der Waals surface area contributed by atoms with E-state index in [2.05, 4.69) is 15.5 Å². The van der Waals surface area contributed by atoms with Gasteiger partial charge in [-0.1, -0.05) is 11.8 Å². The number of rotatable bonds is 2. The molecule has 0 radical (unpaired) electrons. The summed E-state index contributed by atoms with van der Waals surface area (Å²) >= 11 is 1.41. The lowest BCUT2D eigenvalue weighted by atomic mass is 10.3. The van der Waals surface area contributed by atoms with Crippen LogP contribution in [0.2, 0.25) is 0 Å². The molecule has 4 nitrogen and oxygen atoms in total. The van der Waals surface area contributed by atoms with Crippen LogP contribution in [0.25, 0.3) is 0 Å². The maximum atomic E-state index is 10.8. The number of hydrogen-bond acceptors (Lipinski definition) is 4. The highest BCUT2D eigenvalue weighted by Gasteiger charge is 2.24. The van der Waals surface area contributed by atoms with Crippen molar-refractivity contribution in [1.29, 1.82) is 0 Å². The molecule has 13 heavy (non-hydrogen) atoms. The van der Waals surface area contributed by atoms with Gasteiger partial charge in [0.15, 0.2) is 5.17 Å². The van der Waals surface area contributed by atoms with Crippen LogP contribution in [-0.2, 0) is 4.79 Å². The third-order valence-corrected chi connectivity index (χ3v) is 2.92. The summed E-state index contributed by atoms with van der Waals surface area (Å²) in [6.07, 6.45) is 2.47.